The number of allylic oxidation sites excluding steroid dienone is 1. The third kappa shape index (κ3) is 8.43. The molecule has 1 unspecified atom stereocenters. The van der Waals surface area contributed by atoms with Gasteiger partial charge in [0.2, 0.25) is 5.91 Å². The zero-order chi connectivity index (χ0) is 37.5. The molecule has 5 aromatic rings. The third-order valence-electron chi connectivity index (χ3n) is 9.82. The number of amides is 2. The molecule has 0 spiro atoms. The topological polar surface area (TPSA) is 103 Å². The van der Waals surface area contributed by atoms with E-state index < -0.39 is 0 Å². The Morgan fingerprint density at radius 2 is 1.75 bits per heavy atom. The molecule has 1 fully saturated rings. The van der Waals surface area contributed by atoms with E-state index in [2.05, 4.69) is 58.0 Å². The van der Waals surface area contributed by atoms with E-state index in [1.165, 1.54) is 0 Å². The number of pyridine rings is 1. The number of methoxy groups -OCH3 is 1. The summed E-state index contributed by atoms with van der Waals surface area (Å²) in [7, 11) is 1.61. The number of aromatic nitrogens is 2. The van der Waals surface area contributed by atoms with Crippen LogP contribution in [0.25, 0.3) is 22.2 Å². The van der Waals surface area contributed by atoms with Gasteiger partial charge in [0, 0.05) is 65.4 Å². The van der Waals surface area contributed by atoms with Crippen LogP contribution in [0, 0.1) is 5.92 Å². The molecule has 1 aliphatic heterocycles. The highest BCUT2D eigenvalue weighted by Gasteiger charge is 2.30. The summed E-state index contributed by atoms with van der Waals surface area (Å²) in [5.41, 5.74) is 6.15. The number of H-pyrrole nitrogens is 1. The molecule has 0 saturated carbocycles. The lowest BCUT2D eigenvalue weighted by Crippen LogP contribution is -2.41. The maximum atomic E-state index is 14.7. The number of anilines is 2. The van der Waals surface area contributed by atoms with E-state index in [4.69, 9.17) is 32.9 Å². The molecule has 0 bridgehead atoms. The van der Waals surface area contributed by atoms with E-state index in [1.54, 1.807) is 25.6 Å². The first-order valence-electron chi connectivity index (χ1n) is 17.7. The number of carbonyl (C=O) groups is 2. The van der Waals surface area contributed by atoms with Crippen molar-refractivity contribution in [3.8, 4) is 0 Å². The largest absolute Gasteiger partial charge is 0.383 e. The molecular formula is C42H44Cl2N6O3. The molecule has 1 saturated heterocycles. The highest BCUT2D eigenvalue weighted by molar-refractivity contribution is 6.31. The Morgan fingerprint density at radius 1 is 1.04 bits per heavy atom. The first kappa shape index (κ1) is 37.7. The molecule has 9 nitrogen and oxygen atoms in total. The minimum absolute atomic E-state index is 0.0382. The van der Waals surface area contributed by atoms with Crippen LogP contribution < -0.4 is 15.5 Å². The van der Waals surface area contributed by atoms with Crippen LogP contribution in [0.15, 0.2) is 104 Å². The second-order valence-corrected chi connectivity index (χ2v) is 14.0. The Morgan fingerprint density at radius 3 is 2.45 bits per heavy atom. The predicted molar refractivity (Wildman–Crippen MR) is 216 cm³/mol. The molecule has 2 amide bonds. The lowest BCUT2D eigenvalue weighted by Gasteiger charge is -2.33. The Labute approximate surface area is 320 Å². The summed E-state index contributed by atoms with van der Waals surface area (Å²) in [5.74, 6) is 0.263. The maximum absolute atomic E-state index is 14.7. The van der Waals surface area contributed by atoms with E-state index in [9.17, 15) is 9.59 Å². The molecule has 3 aromatic carbocycles. The van der Waals surface area contributed by atoms with Crippen molar-refractivity contribution in [3.05, 3.63) is 136 Å². The molecule has 3 N–H and O–H groups in total. The van der Waals surface area contributed by atoms with Crippen LogP contribution in [-0.4, -0.2) is 60.0 Å². The number of rotatable bonds is 13. The molecule has 3 heterocycles. The SMILES string of the molecule is C=CN(/C(=C(\C)c1ccccc1)c1c(C(=O)Nc2cccnc2N2CCC(C(=O)NCCOC)CC2)[nH]c2cc(Cl)ccc12)C(C)c1ccc(Cl)cc1. The summed E-state index contributed by atoms with van der Waals surface area (Å²) in [6.07, 6.45) is 4.87. The fourth-order valence-corrected chi connectivity index (χ4v) is 7.27. The molecule has 1 aliphatic rings. The monoisotopic (exact) mass is 750 g/mol. The summed E-state index contributed by atoms with van der Waals surface area (Å²) in [6, 6.07) is 26.9. The van der Waals surface area contributed by atoms with Crippen molar-refractivity contribution in [2.45, 2.75) is 32.7 Å². The molecular weight excluding hydrogens is 707 g/mol. The van der Waals surface area contributed by atoms with E-state index in [0.29, 0.717) is 71.9 Å². The lowest BCUT2D eigenvalue weighted by molar-refractivity contribution is -0.125. The fraction of sp³-hybridized carbons (Fsp3) is 0.262. The van der Waals surface area contributed by atoms with Crippen molar-refractivity contribution in [1.29, 1.82) is 0 Å². The number of hydrogen-bond donors (Lipinski definition) is 3. The van der Waals surface area contributed by atoms with E-state index in [1.807, 2.05) is 66.7 Å². The van der Waals surface area contributed by atoms with Crippen molar-refractivity contribution < 1.29 is 14.3 Å². The summed E-state index contributed by atoms with van der Waals surface area (Å²) in [5, 5.41) is 8.17. The summed E-state index contributed by atoms with van der Waals surface area (Å²) in [4.78, 5) is 39.7. The molecule has 53 heavy (non-hydrogen) atoms. The predicted octanol–water partition coefficient (Wildman–Crippen LogP) is 9.20. The molecule has 0 aliphatic carbocycles. The minimum Gasteiger partial charge on any atom is -0.383 e. The normalized spacial score (nSPS) is 14.4. The zero-order valence-electron chi connectivity index (χ0n) is 30.2. The van der Waals surface area contributed by atoms with Gasteiger partial charge in [-0.15, -0.1) is 0 Å². The van der Waals surface area contributed by atoms with Gasteiger partial charge in [-0.25, -0.2) is 4.98 Å². The Bertz CT molecular complexity index is 2110. The van der Waals surface area contributed by atoms with Crippen molar-refractivity contribution in [2.75, 3.05) is 43.6 Å². The number of halogens is 2. The fourth-order valence-electron chi connectivity index (χ4n) is 6.97. The van der Waals surface area contributed by atoms with E-state index in [0.717, 1.165) is 33.3 Å². The molecule has 0 radical (unpaired) electrons. The van der Waals surface area contributed by atoms with Gasteiger partial charge in [-0.1, -0.05) is 78.3 Å². The highest BCUT2D eigenvalue weighted by Crippen LogP contribution is 2.41. The van der Waals surface area contributed by atoms with Crippen LogP contribution in [0.5, 0.6) is 0 Å². The summed E-state index contributed by atoms with van der Waals surface area (Å²) < 4.78 is 5.07. The van der Waals surface area contributed by atoms with Gasteiger partial charge in [0.05, 0.1) is 24.0 Å². The molecule has 6 rings (SSSR count). The molecule has 274 valence electrons. The molecule has 11 heteroatoms. The third-order valence-corrected chi connectivity index (χ3v) is 10.3. The second kappa shape index (κ2) is 17.2. The van der Waals surface area contributed by atoms with Gasteiger partial charge in [-0.05, 0) is 86.0 Å². The van der Waals surface area contributed by atoms with Crippen LogP contribution in [0.4, 0.5) is 11.5 Å². The van der Waals surface area contributed by atoms with Crippen LogP contribution >= 0.6 is 23.2 Å². The number of nitrogens with zero attached hydrogens (tertiary/aromatic N) is 3. The van der Waals surface area contributed by atoms with Gasteiger partial charge in [0.25, 0.3) is 5.91 Å². The van der Waals surface area contributed by atoms with Gasteiger partial charge < -0.3 is 30.2 Å². The number of ether oxygens (including phenoxy) is 1. The number of nitrogens with one attached hydrogen (secondary N) is 3. The average molecular weight is 752 g/mol. The average Bonchev–Trinajstić information content (AvgIpc) is 3.55. The number of hydrogen-bond acceptors (Lipinski definition) is 6. The summed E-state index contributed by atoms with van der Waals surface area (Å²) in [6.45, 7) is 10.6. The van der Waals surface area contributed by atoms with Gasteiger partial charge in [-0.3, -0.25) is 9.59 Å². The first-order chi connectivity index (χ1) is 25.7. The smallest absolute Gasteiger partial charge is 0.272 e. The maximum Gasteiger partial charge on any atom is 0.272 e. The van der Waals surface area contributed by atoms with Gasteiger partial charge in [0.15, 0.2) is 5.82 Å². The van der Waals surface area contributed by atoms with Gasteiger partial charge in [0.1, 0.15) is 5.69 Å². The van der Waals surface area contributed by atoms with Crippen LogP contribution in [0.2, 0.25) is 10.0 Å². The van der Waals surface area contributed by atoms with Gasteiger partial charge in [-0.2, -0.15) is 0 Å². The van der Waals surface area contributed by atoms with Crippen molar-refractivity contribution >= 4 is 68.7 Å². The number of carbonyl (C=O) groups excluding carboxylic acids is 2. The minimum atomic E-state index is -0.338. The standard InChI is InChI=1S/C42H44Cl2N6O3/c1-5-50(28(3)30-13-15-32(43)16-14-30)39(27(2)29-10-7-6-8-11-29)37-34-18-17-33(44)26-36(34)47-38(37)42(52)48-35-12-9-21-45-40(35)49-23-19-31(20-24-49)41(51)46-22-25-53-4/h5-18,21,26,28,31,47H,1,19-20,22-25H2,2-4H3,(H,46,51)(H,48,52)/b39-27+. The number of fused-ring (bicyclic) bond motifs is 1. The van der Waals surface area contributed by atoms with E-state index >= 15 is 0 Å². The Balaban J connectivity index is 1.40. The highest BCUT2D eigenvalue weighted by atomic mass is 35.5. The van der Waals surface area contributed by atoms with Crippen LogP contribution in [-0.2, 0) is 9.53 Å². The number of benzene rings is 3. The first-order valence-corrected chi connectivity index (χ1v) is 18.5. The zero-order valence-corrected chi connectivity index (χ0v) is 31.7. The number of aromatic amines is 1. The quantitative estimate of drug-likeness (QED) is 0.104. The Hall–Kier alpha value is -5.09. The van der Waals surface area contributed by atoms with Crippen LogP contribution in [0.3, 0.4) is 0 Å². The number of piperidine rings is 1. The molecule has 2 aromatic heterocycles. The lowest BCUT2D eigenvalue weighted by atomic mass is 9.95. The second-order valence-electron chi connectivity index (χ2n) is 13.1. The van der Waals surface area contributed by atoms with E-state index in [-0.39, 0.29) is 23.8 Å². The van der Waals surface area contributed by atoms with Crippen LogP contribution in [0.1, 0.15) is 59.9 Å². The summed E-state index contributed by atoms with van der Waals surface area (Å²) >= 11 is 12.8. The van der Waals surface area contributed by atoms with Crippen molar-refractivity contribution in [3.63, 3.8) is 0 Å². The van der Waals surface area contributed by atoms with Crippen molar-refractivity contribution in [1.82, 2.24) is 20.2 Å². The Kier molecular flexibility index (Phi) is 12.2. The van der Waals surface area contributed by atoms with Gasteiger partial charge >= 0.3 is 0 Å². The van der Waals surface area contributed by atoms with Crippen molar-refractivity contribution in [2.24, 2.45) is 5.92 Å². The molecule has 1 atom stereocenters.